The number of nitrogens with zero attached hydrogens (tertiary/aromatic N) is 1. The molecule has 4 heteroatoms. The molecule has 1 aromatic carbocycles. The number of nitrogens with one attached hydrogen (secondary N) is 1. The molecule has 4 nitrogen and oxygen atoms in total. The summed E-state index contributed by atoms with van der Waals surface area (Å²) in [6, 6.07) is 6.29. The molecule has 1 saturated heterocycles. The number of carbonyl (C=O) groups is 1. The van der Waals surface area contributed by atoms with Gasteiger partial charge in [0.25, 0.3) is 0 Å². The van der Waals surface area contributed by atoms with Crippen LogP contribution in [0.3, 0.4) is 0 Å². The van der Waals surface area contributed by atoms with Crippen molar-refractivity contribution in [3.63, 3.8) is 0 Å². The minimum Gasteiger partial charge on any atom is -0.326 e. The van der Waals surface area contributed by atoms with Crippen molar-refractivity contribution in [3.8, 4) is 0 Å². The summed E-state index contributed by atoms with van der Waals surface area (Å²) in [5, 5.41) is 2.92. The Balaban J connectivity index is 1.68. The average molecular weight is 273 g/mol. The highest BCUT2D eigenvalue weighted by Crippen LogP contribution is 2.26. The summed E-state index contributed by atoms with van der Waals surface area (Å²) in [4.78, 5) is 13.8. The molecule has 3 N–H and O–H groups in total. The van der Waals surface area contributed by atoms with Crippen molar-refractivity contribution in [2.24, 2.45) is 5.73 Å². The monoisotopic (exact) mass is 273 g/mol. The Morgan fingerprint density at radius 3 is 2.80 bits per heavy atom. The lowest BCUT2D eigenvalue weighted by Gasteiger charge is -2.29. The highest BCUT2D eigenvalue weighted by Gasteiger charge is 2.18. The topological polar surface area (TPSA) is 58.4 Å². The number of piperidine rings is 1. The third kappa shape index (κ3) is 3.02. The molecule has 2 aliphatic heterocycles. The van der Waals surface area contributed by atoms with Crippen LogP contribution in [0.15, 0.2) is 18.2 Å². The third-order valence-corrected chi connectivity index (χ3v) is 4.36. The minimum absolute atomic E-state index is 0.0658. The number of benzene rings is 1. The van der Waals surface area contributed by atoms with E-state index in [1.165, 1.54) is 43.5 Å². The first-order valence-corrected chi connectivity index (χ1v) is 7.63. The van der Waals surface area contributed by atoms with Crippen LogP contribution in [0.1, 0.15) is 42.9 Å². The summed E-state index contributed by atoms with van der Waals surface area (Å²) in [6.45, 7) is 3.29. The predicted molar refractivity (Wildman–Crippen MR) is 80.6 cm³/mol. The Bertz CT molecular complexity index is 494. The number of hydrogen-bond acceptors (Lipinski definition) is 3. The van der Waals surface area contributed by atoms with Crippen LogP contribution in [-0.4, -0.2) is 30.4 Å². The van der Waals surface area contributed by atoms with Gasteiger partial charge >= 0.3 is 0 Å². The molecule has 1 unspecified atom stereocenters. The van der Waals surface area contributed by atoms with Crippen LogP contribution in [0.2, 0.25) is 0 Å². The van der Waals surface area contributed by atoms with E-state index in [2.05, 4.69) is 22.3 Å². The lowest BCUT2D eigenvalue weighted by atomic mass is 9.97. The highest BCUT2D eigenvalue weighted by molar-refractivity contribution is 5.93. The van der Waals surface area contributed by atoms with Gasteiger partial charge < -0.3 is 16.0 Å². The normalized spacial score (nSPS) is 21.1. The average Bonchev–Trinajstić information content (AvgIpc) is 2.47. The summed E-state index contributed by atoms with van der Waals surface area (Å²) in [6.07, 6.45) is 5.35. The van der Waals surface area contributed by atoms with Crippen LogP contribution in [0, 0.1) is 0 Å². The molecule has 0 bridgehead atoms. The SMILES string of the molecule is NC(CN1CCCCC1)c1ccc2c(c1)CCC(=O)N2. The zero-order chi connectivity index (χ0) is 13.9. The Hall–Kier alpha value is -1.39. The van der Waals surface area contributed by atoms with Crippen molar-refractivity contribution in [2.45, 2.75) is 38.1 Å². The van der Waals surface area contributed by atoms with Gasteiger partial charge in [-0.15, -0.1) is 0 Å². The third-order valence-electron chi connectivity index (χ3n) is 4.36. The van der Waals surface area contributed by atoms with Crippen LogP contribution in [0.4, 0.5) is 5.69 Å². The quantitative estimate of drug-likeness (QED) is 0.886. The minimum atomic E-state index is 0.0658. The Morgan fingerprint density at radius 2 is 2.00 bits per heavy atom. The van der Waals surface area contributed by atoms with Gasteiger partial charge in [-0.05, 0) is 49.5 Å². The molecular formula is C16H23N3O. The van der Waals surface area contributed by atoms with E-state index in [1.54, 1.807) is 0 Å². The Kier molecular flexibility index (Phi) is 4.03. The van der Waals surface area contributed by atoms with Gasteiger partial charge in [-0.2, -0.15) is 0 Å². The molecule has 1 aromatic rings. The number of likely N-dealkylation sites (tertiary alicyclic amines) is 1. The van der Waals surface area contributed by atoms with E-state index in [4.69, 9.17) is 5.73 Å². The summed E-state index contributed by atoms with van der Waals surface area (Å²) >= 11 is 0. The first kappa shape index (κ1) is 13.6. The van der Waals surface area contributed by atoms with Crippen molar-refractivity contribution >= 4 is 11.6 Å². The van der Waals surface area contributed by atoms with E-state index in [-0.39, 0.29) is 11.9 Å². The molecule has 0 saturated carbocycles. The number of aryl methyl sites for hydroxylation is 1. The fourth-order valence-electron chi connectivity index (χ4n) is 3.16. The summed E-state index contributed by atoms with van der Waals surface area (Å²) in [5.74, 6) is 0.114. The lowest BCUT2D eigenvalue weighted by molar-refractivity contribution is -0.116. The molecule has 3 rings (SSSR count). The number of anilines is 1. The lowest BCUT2D eigenvalue weighted by Crippen LogP contribution is -2.36. The second-order valence-corrected chi connectivity index (χ2v) is 5.93. The molecule has 0 aromatic heterocycles. The fourth-order valence-corrected chi connectivity index (χ4v) is 3.16. The second-order valence-electron chi connectivity index (χ2n) is 5.93. The number of rotatable bonds is 3. The van der Waals surface area contributed by atoms with Gasteiger partial charge in [0, 0.05) is 24.7 Å². The molecular weight excluding hydrogens is 250 g/mol. The van der Waals surface area contributed by atoms with Gasteiger partial charge in [-0.1, -0.05) is 18.6 Å². The maximum absolute atomic E-state index is 11.4. The van der Waals surface area contributed by atoms with E-state index in [9.17, 15) is 4.79 Å². The van der Waals surface area contributed by atoms with Gasteiger partial charge in [0.05, 0.1) is 0 Å². The van der Waals surface area contributed by atoms with Crippen LogP contribution >= 0.6 is 0 Å². The van der Waals surface area contributed by atoms with Crippen molar-refractivity contribution < 1.29 is 4.79 Å². The molecule has 1 atom stereocenters. The maximum Gasteiger partial charge on any atom is 0.224 e. The predicted octanol–water partition coefficient (Wildman–Crippen LogP) is 2.06. The van der Waals surface area contributed by atoms with Gasteiger partial charge in [0.1, 0.15) is 0 Å². The molecule has 2 aliphatic rings. The van der Waals surface area contributed by atoms with E-state index < -0.39 is 0 Å². The molecule has 1 amide bonds. The van der Waals surface area contributed by atoms with Crippen LogP contribution in [-0.2, 0) is 11.2 Å². The van der Waals surface area contributed by atoms with Crippen molar-refractivity contribution in [1.29, 1.82) is 0 Å². The van der Waals surface area contributed by atoms with E-state index >= 15 is 0 Å². The van der Waals surface area contributed by atoms with Crippen molar-refractivity contribution in [2.75, 3.05) is 25.0 Å². The molecule has 1 fully saturated rings. The molecule has 108 valence electrons. The first-order chi connectivity index (χ1) is 9.72. The van der Waals surface area contributed by atoms with Crippen molar-refractivity contribution in [1.82, 2.24) is 4.90 Å². The van der Waals surface area contributed by atoms with Crippen LogP contribution in [0.5, 0.6) is 0 Å². The maximum atomic E-state index is 11.4. The van der Waals surface area contributed by atoms with Gasteiger partial charge in [0.15, 0.2) is 0 Å². The summed E-state index contributed by atoms with van der Waals surface area (Å²) in [7, 11) is 0. The van der Waals surface area contributed by atoms with Crippen molar-refractivity contribution in [3.05, 3.63) is 29.3 Å². The second kappa shape index (κ2) is 5.94. The van der Waals surface area contributed by atoms with E-state index in [1.807, 2.05) is 6.07 Å². The Labute approximate surface area is 120 Å². The van der Waals surface area contributed by atoms with Gasteiger partial charge in [-0.25, -0.2) is 0 Å². The number of carbonyl (C=O) groups excluding carboxylic acids is 1. The van der Waals surface area contributed by atoms with E-state index in [0.717, 1.165) is 18.7 Å². The molecule has 0 radical (unpaired) electrons. The smallest absolute Gasteiger partial charge is 0.224 e. The molecule has 0 aliphatic carbocycles. The number of amides is 1. The first-order valence-electron chi connectivity index (χ1n) is 7.63. The molecule has 2 heterocycles. The van der Waals surface area contributed by atoms with Crippen LogP contribution < -0.4 is 11.1 Å². The Morgan fingerprint density at radius 1 is 1.20 bits per heavy atom. The summed E-state index contributed by atoms with van der Waals surface area (Å²) in [5.41, 5.74) is 9.72. The number of nitrogens with two attached hydrogens (primary N) is 1. The highest BCUT2D eigenvalue weighted by atomic mass is 16.1. The summed E-state index contributed by atoms with van der Waals surface area (Å²) < 4.78 is 0. The zero-order valence-electron chi connectivity index (χ0n) is 11.9. The zero-order valence-corrected chi connectivity index (χ0v) is 11.9. The molecule has 0 spiro atoms. The van der Waals surface area contributed by atoms with E-state index in [0.29, 0.717) is 6.42 Å². The molecule has 20 heavy (non-hydrogen) atoms. The number of fused-ring (bicyclic) bond motifs is 1. The van der Waals surface area contributed by atoms with Gasteiger partial charge in [0.2, 0.25) is 5.91 Å². The number of hydrogen-bond donors (Lipinski definition) is 2. The standard InChI is InChI=1S/C16H23N3O/c17-14(11-19-8-2-1-3-9-19)12-4-6-15-13(10-12)5-7-16(20)18-15/h4,6,10,14H,1-3,5,7-9,11,17H2,(H,18,20). The largest absolute Gasteiger partial charge is 0.326 e. The van der Waals surface area contributed by atoms with Gasteiger partial charge in [-0.3, -0.25) is 4.79 Å². The fraction of sp³-hybridized carbons (Fsp3) is 0.562. The van der Waals surface area contributed by atoms with Crippen LogP contribution in [0.25, 0.3) is 0 Å².